The van der Waals surface area contributed by atoms with Gasteiger partial charge in [0.15, 0.2) is 17.5 Å². The number of nitrogens with one attached hydrogen (secondary N) is 3. The molecule has 1 aromatic rings. The molecule has 0 bridgehead atoms. The number of hydrogen-bond acceptors (Lipinski definition) is 6. The Morgan fingerprint density at radius 1 is 1.10 bits per heavy atom. The third-order valence-electron chi connectivity index (χ3n) is 5.34. The second kappa shape index (κ2) is 10.1. The quantitative estimate of drug-likeness (QED) is 0.358. The van der Waals surface area contributed by atoms with Crippen LogP contribution in [0.25, 0.3) is 0 Å². The number of carbonyl (C=O) groups is 1. The lowest BCUT2D eigenvalue weighted by Gasteiger charge is -2.38. The van der Waals surface area contributed by atoms with Crippen LogP contribution in [0.1, 0.15) is 39.2 Å². The molecule has 0 saturated carbocycles. The summed E-state index contributed by atoms with van der Waals surface area (Å²) in [5.74, 6) is 2.26. The van der Waals surface area contributed by atoms with Crippen LogP contribution in [0.2, 0.25) is 0 Å². The molecule has 9 nitrogen and oxygen atoms in total. The molecule has 0 aromatic heterocycles. The lowest BCUT2D eigenvalue weighted by Crippen LogP contribution is -2.49. The van der Waals surface area contributed by atoms with E-state index in [4.69, 9.17) is 18.9 Å². The highest BCUT2D eigenvalue weighted by molar-refractivity contribution is 5.79. The first-order valence-electron chi connectivity index (χ1n) is 10.7. The maximum Gasteiger partial charge on any atom is 0.407 e. The second-order valence-corrected chi connectivity index (χ2v) is 8.74. The van der Waals surface area contributed by atoms with Gasteiger partial charge in [-0.15, -0.1) is 0 Å². The van der Waals surface area contributed by atoms with Crippen molar-refractivity contribution in [3.05, 3.63) is 23.8 Å². The van der Waals surface area contributed by atoms with Crippen LogP contribution < -0.4 is 25.4 Å². The molecule has 0 spiro atoms. The Balaban J connectivity index is 1.54. The minimum atomic E-state index is -0.512. The van der Waals surface area contributed by atoms with E-state index >= 15 is 0 Å². The largest absolute Gasteiger partial charge is 0.454 e. The second-order valence-electron chi connectivity index (χ2n) is 8.74. The van der Waals surface area contributed by atoms with E-state index in [2.05, 4.69) is 33.1 Å². The van der Waals surface area contributed by atoms with Crippen LogP contribution in [-0.2, 0) is 14.9 Å². The van der Waals surface area contributed by atoms with Gasteiger partial charge in [-0.2, -0.15) is 0 Å². The minimum Gasteiger partial charge on any atom is -0.454 e. The summed E-state index contributed by atoms with van der Waals surface area (Å²) in [5, 5.41) is 9.40. The standard InChI is InChI=1S/C22H34N4O5/c1-21(2,3)31-20(27)25-10-9-24-19(23-4)26-14-22(7-11-28-12-8-22)16-5-6-17-18(13-16)30-15-29-17/h5-6,13H,7-12,14-15H2,1-4H3,(H,25,27)(H2,23,24,26). The molecule has 9 heteroatoms. The van der Waals surface area contributed by atoms with Crippen molar-refractivity contribution in [3.8, 4) is 11.5 Å². The van der Waals surface area contributed by atoms with Crippen LogP contribution in [0.3, 0.4) is 0 Å². The van der Waals surface area contributed by atoms with Crippen molar-refractivity contribution in [1.82, 2.24) is 16.0 Å². The number of rotatable bonds is 6. The molecule has 1 amide bonds. The molecule has 0 atom stereocenters. The van der Waals surface area contributed by atoms with Crippen LogP contribution in [0.4, 0.5) is 4.79 Å². The van der Waals surface area contributed by atoms with Crippen molar-refractivity contribution < 1.29 is 23.7 Å². The fourth-order valence-electron chi connectivity index (χ4n) is 3.69. The fraction of sp³-hybridized carbons (Fsp3) is 0.636. The minimum absolute atomic E-state index is 0.0917. The predicted molar refractivity (Wildman–Crippen MR) is 118 cm³/mol. The third-order valence-corrected chi connectivity index (χ3v) is 5.34. The zero-order valence-corrected chi connectivity index (χ0v) is 18.9. The lowest BCUT2D eigenvalue weighted by molar-refractivity contribution is 0.0513. The van der Waals surface area contributed by atoms with Crippen LogP contribution >= 0.6 is 0 Å². The van der Waals surface area contributed by atoms with Crippen LogP contribution in [0.5, 0.6) is 11.5 Å². The van der Waals surface area contributed by atoms with Crippen molar-refractivity contribution in [3.63, 3.8) is 0 Å². The summed E-state index contributed by atoms with van der Waals surface area (Å²) >= 11 is 0. The van der Waals surface area contributed by atoms with E-state index in [9.17, 15) is 4.79 Å². The molecule has 1 fully saturated rings. The molecular formula is C22H34N4O5. The van der Waals surface area contributed by atoms with E-state index < -0.39 is 11.7 Å². The molecule has 0 radical (unpaired) electrons. The highest BCUT2D eigenvalue weighted by Crippen LogP contribution is 2.40. The average molecular weight is 435 g/mol. The third kappa shape index (κ3) is 6.40. The molecule has 2 aliphatic heterocycles. The van der Waals surface area contributed by atoms with Gasteiger partial charge >= 0.3 is 6.09 Å². The van der Waals surface area contributed by atoms with E-state index in [0.717, 1.165) is 24.3 Å². The zero-order valence-electron chi connectivity index (χ0n) is 18.9. The summed E-state index contributed by atoms with van der Waals surface area (Å²) < 4.78 is 21.9. The predicted octanol–water partition coefficient (Wildman–Crippen LogP) is 2.15. The number of alkyl carbamates (subject to hydrolysis) is 1. The molecule has 3 rings (SSSR count). The SMILES string of the molecule is CN=C(NCCNC(=O)OC(C)(C)C)NCC1(c2ccc3c(c2)OCO3)CCOCC1. The van der Waals surface area contributed by atoms with Crippen LogP contribution in [0, 0.1) is 0 Å². The molecule has 3 N–H and O–H groups in total. The van der Waals surface area contributed by atoms with Gasteiger partial charge in [-0.3, -0.25) is 4.99 Å². The summed E-state index contributed by atoms with van der Waals surface area (Å²) in [6.45, 7) is 8.85. The number of benzene rings is 1. The van der Waals surface area contributed by atoms with Crippen molar-refractivity contribution in [2.24, 2.45) is 4.99 Å². The topological polar surface area (TPSA) is 102 Å². The first-order valence-corrected chi connectivity index (χ1v) is 10.7. The van der Waals surface area contributed by atoms with Crippen LogP contribution in [0.15, 0.2) is 23.2 Å². The zero-order chi connectivity index (χ0) is 22.3. The smallest absolute Gasteiger partial charge is 0.407 e. The van der Waals surface area contributed by atoms with Gasteiger partial charge in [0.05, 0.1) is 0 Å². The average Bonchev–Trinajstić information content (AvgIpc) is 3.20. The first kappa shape index (κ1) is 23.0. The van der Waals surface area contributed by atoms with Crippen molar-refractivity contribution in [1.29, 1.82) is 0 Å². The fourth-order valence-corrected chi connectivity index (χ4v) is 3.69. The molecular weight excluding hydrogens is 400 g/mol. The molecule has 2 heterocycles. The Morgan fingerprint density at radius 2 is 1.81 bits per heavy atom. The van der Waals surface area contributed by atoms with Gasteiger partial charge in [0.25, 0.3) is 0 Å². The maximum atomic E-state index is 11.7. The first-order chi connectivity index (χ1) is 14.8. The van der Waals surface area contributed by atoms with E-state index in [1.54, 1.807) is 7.05 Å². The molecule has 172 valence electrons. The maximum absolute atomic E-state index is 11.7. The van der Waals surface area contributed by atoms with E-state index in [-0.39, 0.29) is 12.2 Å². The Bertz CT molecular complexity index is 785. The van der Waals surface area contributed by atoms with Gasteiger partial charge < -0.3 is 34.9 Å². The summed E-state index contributed by atoms with van der Waals surface area (Å²) in [6.07, 6.45) is 1.37. The number of hydrogen-bond donors (Lipinski definition) is 3. The van der Waals surface area contributed by atoms with E-state index in [1.807, 2.05) is 26.8 Å². The summed E-state index contributed by atoms with van der Waals surface area (Å²) in [5.41, 5.74) is 0.600. The van der Waals surface area contributed by atoms with E-state index in [1.165, 1.54) is 5.56 Å². The summed E-state index contributed by atoms with van der Waals surface area (Å²) in [7, 11) is 1.73. The Kier molecular flexibility index (Phi) is 7.48. The summed E-state index contributed by atoms with van der Waals surface area (Å²) in [4.78, 5) is 16.1. The molecule has 0 aliphatic carbocycles. The number of aliphatic imine (C=N–C) groups is 1. The van der Waals surface area contributed by atoms with Gasteiger partial charge in [0, 0.05) is 45.3 Å². The van der Waals surface area contributed by atoms with Gasteiger partial charge in [0.2, 0.25) is 6.79 Å². The number of guanidine groups is 1. The Morgan fingerprint density at radius 3 is 2.52 bits per heavy atom. The Labute approximate surface area is 183 Å². The highest BCUT2D eigenvalue weighted by Gasteiger charge is 2.35. The lowest BCUT2D eigenvalue weighted by atomic mass is 9.74. The van der Waals surface area contributed by atoms with Gasteiger partial charge in [-0.05, 0) is 51.3 Å². The molecule has 0 unspecified atom stereocenters. The molecule has 2 aliphatic rings. The van der Waals surface area contributed by atoms with Gasteiger partial charge in [-0.1, -0.05) is 6.07 Å². The van der Waals surface area contributed by atoms with Crippen molar-refractivity contribution in [2.45, 2.75) is 44.6 Å². The monoisotopic (exact) mass is 434 g/mol. The normalized spacial score (nSPS) is 17.7. The number of ether oxygens (including phenoxy) is 4. The van der Waals surface area contributed by atoms with E-state index in [0.29, 0.717) is 38.8 Å². The van der Waals surface area contributed by atoms with Crippen molar-refractivity contribution >= 4 is 12.1 Å². The van der Waals surface area contributed by atoms with Gasteiger partial charge in [0.1, 0.15) is 5.60 Å². The highest BCUT2D eigenvalue weighted by atomic mass is 16.7. The van der Waals surface area contributed by atoms with Crippen LogP contribution in [-0.4, -0.2) is 64.3 Å². The summed E-state index contributed by atoms with van der Waals surface area (Å²) in [6, 6.07) is 6.17. The molecule has 31 heavy (non-hydrogen) atoms. The molecule has 1 aromatic carbocycles. The number of nitrogens with zero attached hydrogens (tertiary/aromatic N) is 1. The number of fused-ring (bicyclic) bond motifs is 1. The Hall–Kier alpha value is -2.68. The van der Waals surface area contributed by atoms with Crippen molar-refractivity contribution in [2.75, 3.05) is 46.7 Å². The number of amides is 1. The molecule has 1 saturated heterocycles. The number of carbonyl (C=O) groups excluding carboxylic acids is 1. The van der Waals surface area contributed by atoms with Gasteiger partial charge in [-0.25, -0.2) is 4.79 Å².